The number of piperazine rings is 1. The molecule has 2 atom stereocenters. The highest BCUT2D eigenvalue weighted by atomic mass is 79.9. The molecule has 0 aromatic heterocycles. The Bertz CT molecular complexity index is 448. The quantitative estimate of drug-likeness (QED) is 0.788. The van der Waals surface area contributed by atoms with Crippen molar-refractivity contribution in [1.29, 1.82) is 0 Å². The van der Waals surface area contributed by atoms with Gasteiger partial charge in [0.15, 0.2) is 5.78 Å². The maximum Gasteiger partial charge on any atom is 0.164 e. The number of nitrogens with zero attached hydrogens (tertiary/aromatic N) is 2. The van der Waals surface area contributed by atoms with E-state index < -0.39 is 0 Å². The molecule has 0 bridgehead atoms. The lowest BCUT2D eigenvalue weighted by Gasteiger charge is -2.42. The summed E-state index contributed by atoms with van der Waals surface area (Å²) in [6, 6.07) is 8.74. The van der Waals surface area contributed by atoms with E-state index >= 15 is 0 Å². The predicted molar refractivity (Wildman–Crippen MR) is 86.2 cm³/mol. The van der Waals surface area contributed by atoms with Gasteiger partial charge in [0, 0.05) is 48.2 Å². The number of hydrogen-bond donors (Lipinski definition) is 0. The molecule has 0 spiro atoms. The monoisotopic (exact) mass is 338 g/mol. The van der Waals surface area contributed by atoms with Crippen molar-refractivity contribution in [3.63, 3.8) is 0 Å². The second-order valence-electron chi connectivity index (χ2n) is 5.80. The van der Waals surface area contributed by atoms with Crippen LogP contribution in [-0.2, 0) is 0 Å². The smallest absolute Gasteiger partial charge is 0.164 e. The molecule has 110 valence electrons. The van der Waals surface area contributed by atoms with Gasteiger partial charge in [0.25, 0.3) is 0 Å². The van der Waals surface area contributed by atoms with E-state index in [4.69, 9.17) is 0 Å². The van der Waals surface area contributed by atoms with E-state index in [-0.39, 0.29) is 5.78 Å². The molecule has 1 aliphatic heterocycles. The van der Waals surface area contributed by atoms with Crippen LogP contribution >= 0.6 is 15.9 Å². The average molecular weight is 339 g/mol. The van der Waals surface area contributed by atoms with E-state index in [1.165, 1.54) is 0 Å². The number of benzene rings is 1. The normalized spacial score (nSPS) is 24.8. The van der Waals surface area contributed by atoms with Crippen LogP contribution in [0, 0.1) is 0 Å². The summed E-state index contributed by atoms with van der Waals surface area (Å²) in [5, 5.41) is 0. The van der Waals surface area contributed by atoms with E-state index in [0.717, 1.165) is 29.7 Å². The minimum Gasteiger partial charge on any atom is -0.300 e. The van der Waals surface area contributed by atoms with Gasteiger partial charge >= 0.3 is 0 Å². The Morgan fingerprint density at radius 3 is 2.30 bits per heavy atom. The first-order valence-electron chi connectivity index (χ1n) is 7.20. The van der Waals surface area contributed by atoms with Gasteiger partial charge in [0.1, 0.15) is 0 Å². The Morgan fingerprint density at radius 2 is 1.75 bits per heavy atom. The summed E-state index contributed by atoms with van der Waals surface area (Å²) < 4.78 is 1.01. The van der Waals surface area contributed by atoms with E-state index in [0.29, 0.717) is 18.5 Å². The first-order valence-corrected chi connectivity index (χ1v) is 7.99. The molecule has 1 aromatic rings. The van der Waals surface area contributed by atoms with Gasteiger partial charge in [0.2, 0.25) is 0 Å². The minimum absolute atomic E-state index is 0.233. The number of ketones is 1. The summed E-state index contributed by atoms with van der Waals surface area (Å²) in [4.78, 5) is 17.0. The lowest BCUT2D eigenvalue weighted by atomic mass is 10.1. The van der Waals surface area contributed by atoms with Crippen molar-refractivity contribution in [3.05, 3.63) is 34.3 Å². The minimum atomic E-state index is 0.233. The molecule has 20 heavy (non-hydrogen) atoms. The van der Waals surface area contributed by atoms with Crippen LogP contribution in [0.5, 0.6) is 0 Å². The Morgan fingerprint density at radius 1 is 1.20 bits per heavy atom. The van der Waals surface area contributed by atoms with Gasteiger partial charge in [-0.2, -0.15) is 0 Å². The standard InChI is InChI=1S/C16H23BrN2O/c1-12-10-19(11-13(2)18(12)3)9-8-16(20)14-4-6-15(17)7-5-14/h4-7,12-13H,8-11H2,1-3H3. The summed E-state index contributed by atoms with van der Waals surface area (Å²) >= 11 is 3.39. The fraction of sp³-hybridized carbons (Fsp3) is 0.562. The number of likely N-dealkylation sites (N-methyl/N-ethyl adjacent to an activating group) is 1. The van der Waals surface area contributed by atoms with Crippen LogP contribution in [0.1, 0.15) is 30.6 Å². The summed E-state index contributed by atoms with van der Waals surface area (Å²) in [6.07, 6.45) is 0.602. The van der Waals surface area contributed by atoms with E-state index in [1.54, 1.807) is 0 Å². The van der Waals surface area contributed by atoms with Crippen LogP contribution < -0.4 is 0 Å². The molecule has 0 N–H and O–H groups in total. The second-order valence-corrected chi connectivity index (χ2v) is 6.72. The number of hydrogen-bond acceptors (Lipinski definition) is 3. The molecule has 1 fully saturated rings. The van der Waals surface area contributed by atoms with Gasteiger partial charge in [-0.1, -0.05) is 28.1 Å². The number of carbonyl (C=O) groups excluding carboxylic acids is 1. The first kappa shape index (κ1) is 15.7. The van der Waals surface area contributed by atoms with E-state index in [2.05, 4.69) is 46.6 Å². The maximum absolute atomic E-state index is 12.2. The third-order valence-electron chi connectivity index (χ3n) is 4.26. The predicted octanol–water partition coefficient (Wildman–Crippen LogP) is 3.05. The number of halogens is 1. The molecule has 2 rings (SSSR count). The molecule has 3 nitrogen and oxygen atoms in total. The highest BCUT2D eigenvalue weighted by Crippen LogP contribution is 2.15. The van der Waals surface area contributed by atoms with Crippen molar-refractivity contribution >= 4 is 21.7 Å². The van der Waals surface area contributed by atoms with Crippen molar-refractivity contribution in [1.82, 2.24) is 9.80 Å². The van der Waals surface area contributed by atoms with Crippen LogP contribution in [0.2, 0.25) is 0 Å². The van der Waals surface area contributed by atoms with Crippen LogP contribution in [0.3, 0.4) is 0 Å². The van der Waals surface area contributed by atoms with E-state index in [1.807, 2.05) is 24.3 Å². The molecule has 1 saturated heterocycles. The molecule has 4 heteroatoms. The maximum atomic E-state index is 12.2. The number of carbonyl (C=O) groups is 1. The van der Waals surface area contributed by atoms with Crippen LogP contribution in [0.4, 0.5) is 0 Å². The molecule has 1 heterocycles. The lowest BCUT2D eigenvalue weighted by molar-refractivity contribution is 0.0575. The second kappa shape index (κ2) is 6.83. The fourth-order valence-electron chi connectivity index (χ4n) is 2.74. The Hall–Kier alpha value is -0.710. The van der Waals surface area contributed by atoms with Crippen molar-refractivity contribution in [3.8, 4) is 0 Å². The number of rotatable bonds is 4. The van der Waals surface area contributed by atoms with Gasteiger partial charge in [-0.3, -0.25) is 14.6 Å². The molecule has 0 saturated carbocycles. The molecular formula is C16H23BrN2O. The molecule has 2 unspecified atom stereocenters. The van der Waals surface area contributed by atoms with Gasteiger partial charge < -0.3 is 0 Å². The van der Waals surface area contributed by atoms with Gasteiger partial charge in [-0.15, -0.1) is 0 Å². The van der Waals surface area contributed by atoms with Crippen molar-refractivity contribution in [2.75, 3.05) is 26.7 Å². The van der Waals surface area contributed by atoms with Crippen LogP contribution in [0.15, 0.2) is 28.7 Å². The van der Waals surface area contributed by atoms with Crippen LogP contribution in [-0.4, -0.2) is 54.3 Å². The first-order chi connectivity index (χ1) is 9.47. The average Bonchev–Trinajstić information content (AvgIpc) is 2.42. The van der Waals surface area contributed by atoms with Gasteiger partial charge in [0.05, 0.1) is 0 Å². The topological polar surface area (TPSA) is 23.6 Å². The molecule has 0 amide bonds. The third kappa shape index (κ3) is 3.90. The molecule has 1 aromatic carbocycles. The van der Waals surface area contributed by atoms with Gasteiger partial charge in [-0.05, 0) is 33.0 Å². The molecule has 0 radical (unpaired) electrons. The summed E-state index contributed by atoms with van der Waals surface area (Å²) in [5.74, 6) is 0.233. The third-order valence-corrected chi connectivity index (χ3v) is 4.79. The molecular weight excluding hydrogens is 316 g/mol. The SMILES string of the molecule is CC1CN(CCC(=O)c2ccc(Br)cc2)CC(C)N1C. The van der Waals surface area contributed by atoms with E-state index in [9.17, 15) is 4.79 Å². The Balaban J connectivity index is 1.86. The van der Waals surface area contributed by atoms with Crippen molar-refractivity contribution in [2.45, 2.75) is 32.4 Å². The summed E-state index contributed by atoms with van der Waals surface area (Å²) in [5.41, 5.74) is 0.809. The highest BCUT2D eigenvalue weighted by molar-refractivity contribution is 9.10. The zero-order valence-corrected chi connectivity index (χ0v) is 14.1. The highest BCUT2D eigenvalue weighted by Gasteiger charge is 2.26. The zero-order chi connectivity index (χ0) is 14.7. The Kier molecular flexibility index (Phi) is 5.35. The Labute approximate surface area is 130 Å². The summed E-state index contributed by atoms with van der Waals surface area (Å²) in [7, 11) is 2.18. The zero-order valence-electron chi connectivity index (χ0n) is 12.5. The van der Waals surface area contributed by atoms with Crippen molar-refractivity contribution < 1.29 is 4.79 Å². The molecule has 0 aliphatic carbocycles. The largest absolute Gasteiger partial charge is 0.300 e. The summed E-state index contributed by atoms with van der Waals surface area (Å²) in [6.45, 7) is 7.46. The van der Waals surface area contributed by atoms with Crippen LogP contribution in [0.25, 0.3) is 0 Å². The fourth-order valence-corrected chi connectivity index (χ4v) is 3.00. The lowest BCUT2D eigenvalue weighted by Crippen LogP contribution is -2.55. The van der Waals surface area contributed by atoms with Gasteiger partial charge in [-0.25, -0.2) is 0 Å². The van der Waals surface area contributed by atoms with Crippen molar-refractivity contribution in [2.24, 2.45) is 0 Å². The molecule has 1 aliphatic rings. The number of Topliss-reactive ketones (excluding diaryl/α,β-unsaturated/α-hetero) is 1.